The van der Waals surface area contributed by atoms with Gasteiger partial charge in [-0.05, 0) is 60.7 Å². The number of carbonyl (C=O) groups is 1. The van der Waals surface area contributed by atoms with E-state index in [-0.39, 0.29) is 11.9 Å². The molecule has 0 spiro atoms. The Balaban J connectivity index is 2.05. The highest BCUT2D eigenvalue weighted by Crippen LogP contribution is 2.32. The Bertz CT molecular complexity index is 713. The lowest BCUT2D eigenvalue weighted by molar-refractivity contribution is -0.119. The van der Waals surface area contributed by atoms with Crippen molar-refractivity contribution < 1.29 is 9.53 Å². The summed E-state index contributed by atoms with van der Waals surface area (Å²) in [4.78, 5) is 13.4. The molecule has 0 heterocycles. The fourth-order valence-electron chi connectivity index (χ4n) is 2.84. The molecule has 0 saturated carbocycles. The lowest BCUT2D eigenvalue weighted by atomic mass is 9.93. The van der Waals surface area contributed by atoms with Crippen LogP contribution in [0.25, 0.3) is 0 Å². The second-order valence-electron chi connectivity index (χ2n) is 6.50. The maximum atomic E-state index is 12.3. The highest BCUT2D eigenvalue weighted by atomic mass is 32.2. The van der Waals surface area contributed by atoms with Crippen LogP contribution in [0.15, 0.2) is 47.4 Å². The van der Waals surface area contributed by atoms with Crippen LogP contribution >= 0.6 is 11.8 Å². The molecule has 0 radical (unpaired) electrons. The first kappa shape index (κ1) is 19.4. The van der Waals surface area contributed by atoms with E-state index >= 15 is 0 Å². The molecule has 2 aromatic carbocycles. The van der Waals surface area contributed by atoms with Gasteiger partial charge in [-0.1, -0.05) is 32.0 Å². The average molecular weight is 358 g/mol. The third-order valence-corrected chi connectivity index (χ3v) is 5.21. The van der Waals surface area contributed by atoms with E-state index in [9.17, 15) is 4.79 Å². The smallest absolute Gasteiger partial charge is 0.230 e. The molecule has 0 aromatic heterocycles. The summed E-state index contributed by atoms with van der Waals surface area (Å²) in [6.07, 6.45) is 0. The number of hydrogen-bond acceptors (Lipinski definition) is 3. The second kappa shape index (κ2) is 8.95. The van der Waals surface area contributed by atoms with E-state index in [0.717, 1.165) is 21.8 Å². The summed E-state index contributed by atoms with van der Waals surface area (Å²) in [5.74, 6) is 1.74. The standard InChI is InChI=1S/C21H27NO2S/c1-14(2)18-12-19(15(3)11-20(18)24-5)16(4)22-21(23)13-25-17-9-7-6-8-10-17/h6-12,14,16H,13H2,1-5H3,(H,22,23)/t16-/m0/s1. The fourth-order valence-corrected chi connectivity index (χ4v) is 3.57. The van der Waals surface area contributed by atoms with E-state index in [1.165, 1.54) is 5.56 Å². The van der Waals surface area contributed by atoms with Gasteiger partial charge in [0.2, 0.25) is 5.91 Å². The summed E-state index contributed by atoms with van der Waals surface area (Å²) < 4.78 is 5.50. The van der Waals surface area contributed by atoms with Gasteiger partial charge in [-0.3, -0.25) is 4.79 Å². The SMILES string of the molecule is COc1cc(C)c([C@H](C)NC(=O)CSc2ccccc2)cc1C(C)C. The van der Waals surface area contributed by atoms with Crippen LogP contribution in [-0.4, -0.2) is 18.8 Å². The zero-order valence-electron chi connectivity index (χ0n) is 15.6. The number of rotatable bonds is 7. The Hall–Kier alpha value is -1.94. The van der Waals surface area contributed by atoms with Crippen molar-refractivity contribution in [3.63, 3.8) is 0 Å². The zero-order chi connectivity index (χ0) is 18.4. The van der Waals surface area contributed by atoms with Crippen molar-refractivity contribution in [3.8, 4) is 5.75 Å². The average Bonchev–Trinajstić information content (AvgIpc) is 2.60. The van der Waals surface area contributed by atoms with E-state index in [1.54, 1.807) is 18.9 Å². The van der Waals surface area contributed by atoms with Crippen molar-refractivity contribution in [2.75, 3.05) is 12.9 Å². The minimum absolute atomic E-state index is 0.0349. The molecule has 0 saturated heterocycles. The maximum Gasteiger partial charge on any atom is 0.230 e. The van der Waals surface area contributed by atoms with Gasteiger partial charge >= 0.3 is 0 Å². The van der Waals surface area contributed by atoms with Gasteiger partial charge in [0.25, 0.3) is 0 Å². The lowest BCUT2D eigenvalue weighted by Crippen LogP contribution is -2.28. The summed E-state index contributed by atoms with van der Waals surface area (Å²) in [6, 6.07) is 14.2. The fraction of sp³-hybridized carbons (Fsp3) is 0.381. The number of methoxy groups -OCH3 is 1. The number of nitrogens with one attached hydrogen (secondary N) is 1. The van der Waals surface area contributed by atoms with Gasteiger partial charge in [0.15, 0.2) is 0 Å². The van der Waals surface area contributed by atoms with Crippen LogP contribution in [-0.2, 0) is 4.79 Å². The van der Waals surface area contributed by atoms with Crippen LogP contribution in [0.4, 0.5) is 0 Å². The Labute approximate surface area is 155 Å². The van der Waals surface area contributed by atoms with E-state index in [2.05, 4.69) is 38.2 Å². The minimum atomic E-state index is -0.0349. The van der Waals surface area contributed by atoms with E-state index in [4.69, 9.17) is 4.74 Å². The van der Waals surface area contributed by atoms with E-state index in [0.29, 0.717) is 11.7 Å². The molecule has 0 aliphatic rings. The number of thioether (sulfide) groups is 1. The van der Waals surface area contributed by atoms with Gasteiger partial charge < -0.3 is 10.1 Å². The molecular weight excluding hydrogens is 330 g/mol. The molecule has 0 aliphatic carbocycles. The quantitative estimate of drug-likeness (QED) is 0.701. The normalized spacial score (nSPS) is 12.1. The van der Waals surface area contributed by atoms with Crippen molar-refractivity contribution in [1.29, 1.82) is 0 Å². The van der Waals surface area contributed by atoms with Crippen LogP contribution in [0.5, 0.6) is 5.75 Å². The molecule has 0 bridgehead atoms. The Morgan fingerprint density at radius 2 is 1.80 bits per heavy atom. The molecule has 1 N–H and O–H groups in total. The van der Waals surface area contributed by atoms with Crippen molar-refractivity contribution >= 4 is 17.7 Å². The third-order valence-electron chi connectivity index (χ3n) is 4.20. The molecule has 1 amide bonds. The molecule has 4 heteroatoms. The largest absolute Gasteiger partial charge is 0.496 e. The van der Waals surface area contributed by atoms with Gasteiger partial charge in [0, 0.05) is 4.90 Å². The van der Waals surface area contributed by atoms with Gasteiger partial charge in [-0.25, -0.2) is 0 Å². The van der Waals surface area contributed by atoms with Crippen LogP contribution < -0.4 is 10.1 Å². The van der Waals surface area contributed by atoms with Crippen LogP contribution in [0.1, 0.15) is 49.4 Å². The number of hydrogen-bond donors (Lipinski definition) is 1. The molecule has 2 rings (SSSR count). The zero-order valence-corrected chi connectivity index (χ0v) is 16.4. The van der Waals surface area contributed by atoms with Crippen molar-refractivity contribution in [2.45, 2.75) is 44.6 Å². The number of benzene rings is 2. The molecule has 2 aromatic rings. The topological polar surface area (TPSA) is 38.3 Å². The van der Waals surface area contributed by atoms with Crippen molar-refractivity contribution in [3.05, 3.63) is 59.2 Å². The molecular formula is C21H27NO2S. The highest BCUT2D eigenvalue weighted by Gasteiger charge is 2.16. The maximum absolute atomic E-state index is 12.3. The Kier molecular flexibility index (Phi) is 6.94. The van der Waals surface area contributed by atoms with Crippen LogP contribution in [0.2, 0.25) is 0 Å². The molecule has 0 aliphatic heterocycles. The first-order valence-electron chi connectivity index (χ1n) is 8.58. The van der Waals surface area contributed by atoms with Crippen LogP contribution in [0, 0.1) is 6.92 Å². The second-order valence-corrected chi connectivity index (χ2v) is 7.55. The molecule has 134 valence electrons. The first-order valence-corrected chi connectivity index (χ1v) is 9.56. The summed E-state index contributed by atoms with van der Waals surface area (Å²) in [5, 5.41) is 3.11. The number of aryl methyl sites for hydroxylation is 1. The summed E-state index contributed by atoms with van der Waals surface area (Å²) in [6.45, 7) is 8.39. The predicted molar refractivity (Wildman–Crippen MR) is 106 cm³/mol. The first-order chi connectivity index (χ1) is 11.9. The van der Waals surface area contributed by atoms with Gasteiger partial charge in [-0.15, -0.1) is 11.8 Å². The number of carbonyl (C=O) groups excluding carboxylic acids is 1. The lowest BCUT2D eigenvalue weighted by Gasteiger charge is -2.21. The number of amides is 1. The third kappa shape index (κ3) is 5.27. The predicted octanol–water partition coefficient (Wildman–Crippen LogP) is 5.10. The van der Waals surface area contributed by atoms with Crippen molar-refractivity contribution in [1.82, 2.24) is 5.32 Å². The number of ether oxygens (including phenoxy) is 1. The molecule has 0 unspecified atom stereocenters. The highest BCUT2D eigenvalue weighted by molar-refractivity contribution is 8.00. The molecule has 3 nitrogen and oxygen atoms in total. The molecule has 25 heavy (non-hydrogen) atoms. The Morgan fingerprint density at radius 1 is 1.12 bits per heavy atom. The Morgan fingerprint density at radius 3 is 2.40 bits per heavy atom. The van der Waals surface area contributed by atoms with Gasteiger partial charge in [0.1, 0.15) is 5.75 Å². The summed E-state index contributed by atoms with van der Waals surface area (Å²) >= 11 is 1.55. The minimum Gasteiger partial charge on any atom is -0.496 e. The van der Waals surface area contributed by atoms with Crippen LogP contribution in [0.3, 0.4) is 0 Å². The van der Waals surface area contributed by atoms with E-state index < -0.39 is 0 Å². The van der Waals surface area contributed by atoms with Crippen molar-refractivity contribution in [2.24, 2.45) is 0 Å². The monoisotopic (exact) mass is 357 g/mol. The summed E-state index contributed by atoms with van der Waals surface area (Å²) in [5.41, 5.74) is 3.44. The molecule has 0 fully saturated rings. The molecule has 1 atom stereocenters. The summed E-state index contributed by atoms with van der Waals surface area (Å²) in [7, 11) is 1.70. The van der Waals surface area contributed by atoms with E-state index in [1.807, 2.05) is 37.3 Å². The van der Waals surface area contributed by atoms with Gasteiger partial charge in [-0.2, -0.15) is 0 Å². The van der Waals surface area contributed by atoms with Gasteiger partial charge in [0.05, 0.1) is 18.9 Å².